The van der Waals surface area contributed by atoms with Crippen LogP contribution in [-0.4, -0.2) is 34.9 Å². The fourth-order valence-corrected chi connectivity index (χ4v) is 6.76. The van der Waals surface area contributed by atoms with E-state index in [1.165, 1.54) is 43.4 Å². The second kappa shape index (κ2) is 9.76. The van der Waals surface area contributed by atoms with Crippen molar-refractivity contribution in [3.8, 4) is 0 Å². The molecule has 1 aromatic rings. The summed E-state index contributed by atoms with van der Waals surface area (Å²) in [6.07, 6.45) is 9.26. The first-order valence-electron chi connectivity index (χ1n) is 9.44. The van der Waals surface area contributed by atoms with Crippen molar-refractivity contribution in [1.82, 2.24) is 4.90 Å². The minimum Gasteiger partial charge on any atom is -0.342 e. The molecule has 0 N–H and O–H groups in total. The van der Waals surface area contributed by atoms with Crippen molar-refractivity contribution >= 4 is 27.5 Å². The Kier molecular flexibility index (Phi) is 7.40. The first-order valence-corrected chi connectivity index (χ1v) is 11.8. The van der Waals surface area contributed by atoms with Gasteiger partial charge in [-0.3, -0.25) is 4.79 Å². The summed E-state index contributed by atoms with van der Waals surface area (Å²) < 4.78 is 0. The highest BCUT2D eigenvalue weighted by atomic mass is 33.1. The summed E-state index contributed by atoms with van der Waals surface area (Å²) in [5, 5.41) is 0.839. The lowest BCUT2D eigenvalue weighted by Crippen LogP contribution is -2.33. The SMILES string of the molecule is O=C(CCCC[C@@H]1CCSS1)N1CCCC[C@@H](c2ccccc2)C1. The van der Waals surface area contributed by atoms with Gasteiger partial charge in [-0.15, -0.1) is 0 Å². The van der Waals surface area contributed by atoms with Gasteiger partial charge in [-0.2, -0.15) is 0 Å². The van der Waals surface area contributed by atoms with Crippen LogP contribution in [0.15, 0.2) is 30.3 Å². The lowest BCUT2D eigenvalue weighted by molar-refractivity contribution is -0.131. The molecule has 4 heteroatoms. The van der Waals surface area contributed by atoms with Gasteiger partial charge in [0, 0.05) is 36.4 Å². The Bertz CT molecular complexity index is 502. The van der Waals surface area contributed by atoms with Crippen LogP contribution in [0.4, 0.5) is 0 Å². The Morgan fingerprint density at radius 1 is 1.12 bits per heavy atom. The first kappa shape index (κ1) is 18.2. The van der Waals surface area contributed by atoms with Crippen LogP contribution in [0.2, 0.25) is 0 Å². The molecule has 2 aliphatic heterocycles. The molecule has 1 amide bonds. The van der Waals surface area contributed by atoms with Crippen LogP contribution in [-0.2, 0) is 4.79 Å². The number of carbonyl (C=O) groups is 1. The van der Waals surface area contributed by atoms with Gasteiger partial charge in [-0.1, -0.05) is 64.8 Å². The molecule has 2 nitrogen and oxygen atoms in total. The Balaban J connectivity index is 1.44. The van der Waals surface area contributed by atoms with Crippen molar-refractivity contribution in [2.45, 2.75) is 62.5 Å². The number of amides is 1. The van der Waals surface area contributed by atoms with E-state index < -0.39 is 0 Å². The minimum absolute atomic E-state index is 0.381. The zero-order chi connectivity index (χ0) is 16.6. The molecule has 0 aromatic heterocycles. The number of carbonyl (C=O) groups excluding carboxylic acids is 1. The Morgan fingerprint density at radius 2 is 2.00 bits per heavy atom. The van der Waals surface area contributed by atoms with Gasteiger partial charge in [0.25, 0.3) is 0 Å². The number of hydrogen-bond acceptors (Lipinski definition) is 3. The molecule has 0 spiro atoms. The Labute approximate surface area is 154 Å². The van der Waals surface area contributed by atoms with Crippen molar-refractivity contribution in [3.05, 3.63) is 35.9 Å². The van der Waals surface area contributed by atoms with Gasteiger partial charge in [0.1, 0.15) is 0 Å². The van der Waals surface area contributed by atoms with E-state index in [4.69, 9.17) is 0 Å². The molecule has 1 aromatic carbocycles. The molecule has 2 atom stereocenters. The molecule has 0 bridgehead atoms. The van der Waals surface area contributed by atoms with E-state index >= 15 is 0 Å². The highest BCUT2D eigenvalue weighted by molar-refractivity contribution is 8.77. The highest BCUT2D eigenvalue weighted by Gasteiger charge is 2.23. The smallest absolute Gasteiger partial charge is 0.222 e. The van der Waals surface area contributed by atoms with Crippen molar-refractivity contribution in [2.24, 2.45) is 0 Å². The molecule has 24 heavy (non-hydrogen) atoms. The van der Waals surface area contributed by atoms with Crippen molar-refractivity contribution in [3.63, 3.8) is 0 Å². The van der Waals surface area contributed by atoms with Crippen molar-refractivity contribution < 1.29 is 4.79 Å². The summed E-state index contributed by atoms with van der Waals surface area (Å²) in [6, 6.07) is 10.7. The topological polar surface area (TPSA) is 20.3 Å². The van der Waals surface area contributed by atoms with Crippen LogP contribution < -0.4 is 0 Å². The molecule has 0 unspecified atom stereocenters. The molecular weight excluding hydrogens is 334 g/mol. The zero-order valence-electron chi connectivity index (χ0n) is 14.5. The van der Waals surface area contributed by atoms with Gasteiger partial charge in [0.05, 0.1) is 0 Å². The fraction of sp³-hybridized carbons (Fsp3) is 0.650. The van der Waals surface area contributed by atoms with Gasteiger partial charge < -0.3 is 4.90 Å². The number of rotatable bonds is 6. The quantitative estimate of drug-likeness (QED) is 0.492. The maximum absolute atomic E-state index is 12.6. The van der Waals surface area contributed by atoms with Gasteiger partial charge in [0.15, 0.2) is 0 Å². The Morgan fingerprint density at radius 3 is 2.79 bits per heavy atom. The number of nitrogens with zero attached hydrogens (tertiary/aromatic N) is 1. The van der Waals surface area contributed by atoms with Crippen LogP contribution in [0, 0.1) is 0 Å². The van der Waals surface area contributed by atoms with Crippen LogP contribution in [0.5, 0.6) is 0 Å². The monoisotopic (exact) mass is 363 g/mol. The predicted molar refractivity (Wildman–Crippen MR) is 107 cm³/mol. The molecule has 2 heterocycles. The molecular formula is C20H29NOS2. The fourth-order valence-electron chi connectivity index (χ4n) is 3.74. The maximum atomic E-state index is 12.6. The van der Waals surface area contributed by atoms with E-state index in [-0.39, 0.29) is 0 Å². The average molecular weight is 364 g/mol. The second-order valence-corrected chi connectivity index (χ2v) is 9.81. The summed E-state index contributed by atoms with van der Waals surface area (Å²) in [7, 11) is 4.06. The standard InChI is InChI=1S/C20H29NOS2/c22-20(12-5-4-11-19-13-15-23-24-19)21-14-7-6-10-18(16-21)17-8-2-1-3-9-17/h1-3,8-9,18-19H,4-7,10-16H2/t18-,19-/m1/s1. The lowest BCUT2D eigenvalue weighted by atomic mass is 9.94. The molecule has 0 saturated carbocycles. The molecule has 132 valence electrons. The molecule has 0 radical (unpaired) electrons. The maximum Gasteiger partial charge on any atom is 0.222 e. The van der Waals surface area contributed by atoms with E-state index in [0.29, 0.717) is 11.8 Å². The van der Waals surface area contributed by atoms with Gasteiger partial charge in [0.2, 0.25) is 5.91 Å². The number of likely N-dealkylation sites (tertiary alicyclic amines) is 1. The third kappa shape index (κ3) is 5.45. The van der Waals surface area contributed by atoms with Gasteiger partial charge in [-0.25, -0.2) is 0 Å². The van der Waals surface area contributed by atoms with E-state index in [9.17, 15) is 4.79 Å². The molecule has 0 aliphatic carbocycles. The highest BCUT2D eigenvalue weighted by Crippen LogP contribution is 2.39. The summed E-state index contributed by atoms with van der Waals surface area (Å²) in [4.78, 5) is 14.8. The van der Waals surface area contributed by atoms with E-state index in [1.807, 2.05) is 10.8 Å². The van der Waals surface area contributed by atoms with Crippen molar-refractivity contribution in [2.75, 3.05) is 18.8 Å². The third-order valence-corrected chi connectivity index (χ3v) is 8.20. The summed E-state index contributed by atoms with van der Waals surface area (Å²) in [5.74, 6) is 2.21. The predicted octanol–water partition coefficient (Wildman–Crippen LogP) is 5.50. The largest absolute Gasteiger partial charge is 0.342 e. The first-order chi connectivity index (χ1) is 11.8. The normalized spacial score (nSPS) is 24.8. The van der Waals surface area contributed by atoms with Crippen LogP contribution in [0.25, 0.3) is 0 Å². The van der Waals surface area contributed by atoms with E-state index in [1.54, 1.807) is 0 Å². The van der Waals surface area contributed by atoms with E-state index in [2.05, 4.69) is 46.0 Å². The minimum atomic E-state index is 0.381. The Hall–Kier alpha value is -0.610. The molecule has 2 aliphatic rings. The molecule has 2 saturated heterocycles. The molecule has 3 rings (SSSR count). The number of unbranched alkanes of at least 4 members (excludes halogenated alkanes) is 1. The summed E-state index contributed by atoms with van der Waals surface area (Å²) in [6.45, 7) is 1.87. The van der Waals surface area contributed by atoms with Gasteiger partial charge in [-0.05, 0) is 37.7 Å². The zero-order valence-corrected chi connectivity index (χ0v) is 16.1. The van der Waals surface area contributed by atoms with Crippen LogP contribution in [0.3, 0.4) is 0 Å². The van der Waals surface area contributed by atoms with Gasteiger partial charge >= 0.3 is 0 Å². The summed E-state index contributed by atoms with van der Waals surface area (Å²) in [5.41, 5.74) is 1.40. The summed E-state index contributed by atoms with van der Waals surface area (Å²) >= 11 is 0. The average Bonchev–Trinajstić information content (AvgIpc) is 3.01. The van der Waals surface area contributed by atoms with Crippen LogP contribution in [0.1, 0.15) is 62.8 Å². The van der Waals surface area contributed by atoms with E-state index in [0.717, 1.165) is 37.6 Å². The van der Waals surface area contributed by atoms with Crippen molar-refractivity contribution in [1.29, 1.82) is 0 Å². The third-order valence-electron chi connectivity index (χ3n) is 5.19. The number of hydrogen-bond donors (Lipinski definition) is 0. The van der Waals surface area contributed by atoms with Crippen LogP contribution >= 0.6 is 21.6 Å². The second-order valence-electron chi connectivity index (χ2n) is 7.02. The number of benzene rings is 1. The molecule has 2 fully saturated rings. The lowest BCUT2D eigenvalue weighted by Gasteiger charge is -2.25.